The van der Waals surface area contributed by atoms with Crippen LogP contribution in [-0.4, -0.2) is 34.2 Å². The third-order valence-electron chi connectivity index (χ3n) is 1.94. The Labute approximate surface area is 106 Å². The van der Waals surface area contributed by atoms with Crippen LogP contribution in [0.2, 0.25) is 0 Å². The van der Waals surface area contributed by atoms with E-state index in [2.05, 4.69) is 19.9 Å². The fourth-order valence-electron chi connectivity index (χ4n) is 1.15. The average molecular weight is 248 g/mol. The molecule has 96 valence electrons. The molecule has 0 fully saturated rings. The van der Waals surface area contributed by atoms with E-state index in [0.717, 1.165) is 11.4 Å². The van der Waals surface area contributed by atoms with Crippen LogP contribution in [0.25, 0.3) is 0 Å². The molecule has 0 saturated heterocycles. The molecule has 0 unspecified atom stereocenters. The van der Waals surface area contributed by atoms with Crippen LogP contribution in [0.1, 0.15) is 11.4 Å². The summed E-state index contributed by atoms with van der Waals surface area (Å²) >= 11 is 0. The fraction of sp³-hybridized carbons (Fsp3) is 0.333. The maximum atomic E-state index is 4.87. The molecule has 0 bridgehead atoms. The quantitative estimate of drug-likeness (QED) is 0.818. The molecular formula is C12H16N4O2. The number of aromatic nitrogens is 4. The number of hydrogen-bond donors (Lipinski definition) is 0. The van der Waals surface area contributed by atoms with Crippen LogP contribution < -0.4 is 4.74 Å². The number of nitrogens with zero attached hydrogens (tertiary/aromatic N) is 4. The molecule has 0 aliphatic rings. The fourth-order valence-corrected chi connectivity index (χ4v) is 1.15. The summed E-state index contributed by atoms with van der Waals surface area (Å²) in [6.07, 6.45) is 8.21. The molecule has 2 heterocycles. The Kier molecular flexibility index (Phi) is 6.27. The van der Waals surface area contributed by atoms with Gasteiger partial charge in [0, 0.05) is 31.9 Å². The van der Waals surface area contributed by atoms with Gasteiger partial charge < -0.3 is 9.47 Å². The van der Waals surface area contributed by atoms with Gasteiger partial charge in [0.2, 0.25) is 5.88 Å². The van der Waals surface area contributed by atoms with Crippen LogP contribution in [-0.2, 0) is 11.3 Å². The standard InChI is InChI=1S/2C6H8N2O/c1-5-6(9-2)8-4-3-7-5;1-9-5-6-4-7-2-3-8-6/h3-4H,1-2H3;2-4H,5H2,1H3. The van der Waals surface area contributed by atoms with Gasteiger partial charge in [-0.2, -0.15) is 0 Å². The van der Waals surface area contributed by atoms with E-state index in [1.165, 1.54) is 0 Å². The summed E-state index contributed by atoms with van der Waals surface area (Å²) < 4.78 is 9.70. The molecule has 6 nitrogen and oxygen atoms in total. The SMILES string of the molecule is COCc1cnccn1.COc1nccnc1C. The first-order chi connectivity index (χ1) is 8.77. The van der Waals surface area contributed by atoms with E-state index < -0.39 is 0 Å². The minimum atomic E-state index is 0.536. The van der Waals surface area contributed by atoms with Gasteiger partial charge in [-0.05, 0) is 6.92 Å². The largest absolute Gasteiger partial charge is 0.480 e. The summed E-state index contributed by atoms with van der Waals surface area (Å²) in [5, 5.41) is 0. The van der Waals surface area contributed by atoms with E-state index >= 15 is 0 Å². The number of ether oxygens (including phenoxy) is 2. The monoisotopic (exact) mass is 248 g/mol. The van der Waals surface area contributed by atoms with Crippen LogP contribution in [0.5, 0.6) is 5.88 Å². The Morgan fingerprint density at radius 2 is 1.72 bits per heavy atom. The van der Waals surface area contributed by atoms with Crippen molar-refractivity contribution in [2.24, 2.45) is 0 Å². The minimum absolute atomic E-state index is 0.536. The molecule has 0 N–H and O–H groups in total. The molecule has 0 aliphatic carbocycles. The average Bonchev–Trinajstić information content (AvgIpc) is 2.42. The summed E-state index contributed by atoms with van der Waals surface area (Å²) in [5.41, 5.74) is 1.68. The Bertz CT molecular complexity index is 451. The molecule has 2 rings (SSSR count). The molecule has 0 aromatic carbocycles. The maximum Gasteiger partial charge on any atom is 0.235 e. The zero-order valence-electron chi connectivity index (χ0n) is 10.7. The first-order valence-corrected chi connectivity index (χ1v) is 5.33. The van der Waals surface area contributed by atoms with E-state index in [0.29, 0.717) is 12.5 Å². The Balaban J connectivity index is 0.000000180. The number of rotatable bonds is 3. The highest BCUT2D eigenvalue weighted by Gasteiger charge is 1.94. The first-order valence-electron chi connectivity index (χ1n) is 5.33. The second-order valence-electron chi connectivity index (χ2n) is 3.28. The second kappa shape index (κ2) is 8.08. The lowest BCUT2D eigenvalue weighted by Gasteiger charge is -1.98. The van der Waals surface area contributed by atoms with Crippen molar-refractivity contribution in [2.75, 3.05) is 14.2 Å². The van der Waals surface area contributed by atoms with Crippen molar-refractivity contribution in [3.8, 4) is 5.88 Å². The molecule has 0 saturated carbocycles. The lowest BCUT2D eigenvalue weighted by atomic mass is 10.5. The van der Waals surface area contributed by atoms with Crippen LogP contribution in [0, 0.1) is 6.92 Å². The van der Waals surface area contributed by atoms with Gasteiger partial charge in [-0.3, -0.25) is 15.0 Å². The van der Waals surface area contributed by atoms with Crippen molar-refractivity contribution in [3.05, 3.63) is 42.4 Å². The topological polar surface area (TPSA) is 70.0 Å². The molecule has 6 heteroatoms. The Morgan fingerprint density at radius 1 is 1.00 bits per heavy atom. The van der Waals surface area contributed by atoms with Gasteiger partial charge in [0.15, 0.2) is 0 Å². The summed E-state index contributed by atoms with van der Waals surface area (Å²) in [5.74, 6) is 0.595. The van der Waals surface area contributed by atoms with Crippen LogP contribution in [0.15, 0.2) is 31.0 Å². The van der Waals surface area contributed by atoms with Gasteiger partial charge in [-0.1, -0.05) is 0 Å². The number of methoxy groups -OCH3 is 2. The number of hydrogen-bond acceptors (Lipinski definition) is 6. The minimum Gasteiger partial charge on any atom is -0.480 e. The van der Waals surface area contributed by atoms with Gasteiger partial charge in [-0.25, -0.2) is 4.98 Å². The van der Waals surface area contributed by atoms with Gasteiger partial charge in [0.05, 0.1) is 31.3 Å². The molecular weight excluding hydrogens is 232 g/mol. The van der Waals surface area contributed by atoms with Crippen molar-refractivity contribution in [2.45, 2.75) is 13.5 Å². The van der Waals surface area contributed by atoms with Gasteiger partial charge in [-0.15, -0.1) is 0 Å². The van der Waals surface area contributed by atoms with Crippen molar-refractivity contribution in [1.29, 1.82) is 0 Å². The van der Waals surface area contributed by atoms with Gasteiger partial charge in [0.25, 0.3) is 0 Å². The van der Waals surface area contributed by atoms with E-state index in [-0.39, 0.29) is 0 Å². The molecule has 18 heavy (non-hydrogen) atoms. The third-order valence-corrected chi connectivity index (χ3v) is 1.94. The van der Waals surface area contributed by atoms with Crippen molar-refractivity contribution >= 4 is 0 Å². The lowest BCUT2D eigenvalue weighted by molar-refractivity contribution is 0.181. The lowest BCUT2D eigenvalue weighted by Crippen LogP contribution is -1.91. The van der Waals surface area contributed by atoms with E-state index in [1.54, 1.807) is 45.2 Å². The highest BCUT2D eigenvalue weighted by molar-refractivity contribution is 5.14. The van der Waals surface area contributed by atoms with E-state index in [4.69, 9.17) is 9.47 Å². The highest BCUT2D eigenvalue weighted by atomic mass is 16.5. The molecule has 2 aromatic rings. The Hall–Kier alpha value is -2.08. The summed E-state index contributed by atoms with van der Waals surface area (Å²) in [6, 6.07) is 0. The molecule has 0 atom stereocenters. The molecule has 0 spiro atoms. The normalized spacial score (nSPS) is 9.28. The third kappa shape index (κ3) is 4.84. The summed E-state index contributed by atoms with van der Waals surface area (Å²) in [7, 11) is 3.21. The summed E-state index contributed by atoms with van der Waals surface area (Å²) in [6.45, 7) is 2.39. The molecule has 0 aliphatic heterocycles. The second-order valence-corrected chi connectivity index (χ2v) is 3.28. The van der Waals surface area contributed by atoms with E-state index in [1.807, 2.05) is 6.92 Å². The smallest absolute Gasteiger partial charge is 0.235 e. The highest BCUT2D eigenvalue weighted by Crippen LogP contribution is 2.06. The first kappa shape index (κ1) is 14.0. The zero-order valence-corrected chi connectivity index (χ0v) is 10.7. The molecule has 0 amide bonds. The van der Waals surface area contributed by atoms with Crippen LogP contribution >= 0.6 is 0 Å². The van der Waals surface area contributed by atoms with Gasteiger partial charge in [0.1, 0.15) is 0 Å². The van der Waals surface area contributed by atoms with Crippen LogP contribution in [0.3, 0.4) is 0 Å². The predicted molar refractivity (Wildman–Crippen MR) is 66.1 cm³/mol. The molecule has 2 aromatic heterocycles. The Morgan fingerprint density at radius 3 is 2.22 bits per heavy atom. The zero-order chi connectivity index (χ0) is 13.2. The van der Waals surface area contributed by atoms with Gasteiger partial charge >= 0.3 is 0 Å². The number of aryl methyl sites for hydroxylation is 1. The van der Waals surface area contributed by atoms with Crippen LogP contribution in [0.4, 0.5) is 0 Å². The molecule has 0 radical (unpaired) electrons. The maximum absolute atomic E-state index is 4.87. The van der Waals surface area contributed by atoms with Crippen molar-refractivity contribution in [1.82, 2.24) is 19.9 Å². The predicted octanol–water partition coefficient (Wildman–Crippen LogP) is 1.42. The van der Waals surface area contributed by atoms with Crippen molar-refractivity contribution in [3.63, 3.8) is 0 Å². The van der Waals surface area contributed by atoms with Crippen molar-refractivity contribution < 1.29 is 9.47 Å². The summed E-state index contributed by atoms with van der Waals surface area (Å²) in [4.78, 5) is 15.7. The van der Waals surface area contributed by atoms with E-state index in [9.17, 15) is 0 Å².